The predicted octanol–water partition coefficient (Wildman–Crippen LogP) is 2.64. The molecule has 3 nitrogen and oxygen atoms in total. The topological polar surface area (TPSA) is 38.3 Å². The largest absolute Gasteiger partial charge is 0.460 e. The average Bonchev–Trinajstić information content (AvgIpc) is 2.26. The number of carbonyl (C=O) groups is 1. The molecule has 0 heterocycles. The molecule has 0 amide bonds. The molecule has 1 N–H and O–H groups in total. The zero-order valence-electron chi connectivity index (χ0n) is 9.26. The highest BCUT2D eigenvalue weighted by Gasteiger charge is 2.26. The number of hydrogen-bond acceptors (Lipinski definition) is 3. The van der Waals surface area contributed by atoms with Gasteiger partial charge in [-0.15, -0.1) is 0 Å². The van der Waals surface area contributed by atoms with E-state index in [1.54, 1.807) is 24.3 Å². The van der Waals surface area contributed by atoms with Crippen molar-refractivity contribution >= 4 is 21.9 Å². The van der Waals surface area contributed by atoms with Gasteiger partial charge in [0.15, 0.2) is 0 Å². The molecule has 7 heteroatoms. The Morgan fingerprint density at radius 1 is 1.33 bits per heavy atom. The Bertz CT molecular complexity index is 410. The van der Waals surface area contributed by atoms with Crippen molar-refractivity contribution in [3.63, 3.8) is 0 Å². The Hall–Kier alpha value is -1.08. The first-order chi connectivity index (χ1) is 8.38. The molecular weight excluding hydrogens is 315 g/mol. The fourth-order valence-electron chi connectivity index (χ4n) is 1.13. The van der Waals surface area contributed by atoms with Crippen LogP contribution in [0.5, 0.6) is 0 Å². The zero-order valence-corrected chi connectivity index (χ0v) is 10.8. The smallest absolute Gasteiger partial charge is 0.401 e. The molecule has 18 heavy (non-hydrogen) atoms. The van der Waals surface area contributed by atoms with Crippen LogP contribution in [0.3, 0.4) is 0 Å². The van der Waals surface area contributed by atoms with Crippen LogP contribution < -0.4 is 5.32 Å². The van der Waals surface area contributed by atoms with Gasteiger partial charge in [0.05, 0.1) is 13.1 Å². The second-order valence-corrected chi connectivity index (χ2v) is 4.33. The summed E-state index contributed by atoms with van der Waals surface area (Å²) in [5.41, 5.74) is 0.752. The van der Waals surface area contributed by atoms with Crippen LogP contribution in [0.15, 0.2) is 28.7 Å². The number of esters is 1. The van der Waals surface area contributed by atoms with E-state index < -0.39 is 25.2 Å². The summed E-state index contributed by atoms with van der Waals surface area (Å²) in [6.07, 6.45) is -4.33. The molecule has 0 spiro atoms. The van der Waals surface area contributed by atoms with Crippen LogP contribution in [-0.4, -0.2) is 25.2 Å². The SMILES string of the molecule is O=C(CNCC(F)(F)F)OCc1ccccc1Br. The lowest BCUT2D eigenvalue weighted by Crippen LogP contribution is -2.33. The highest BCUT2D eigenvalue weighted by Crippen LogP contribution is 2.16. The molecule has 1 aromatic carbocycles. The second-order valence-electron chi connectivity index (χ2n) is 3.47. The first-order valence-electron chi connectivity index (χ1n) is 5.05. The number of ether oxygens (including phenoxy) is 1. The van der Waals surface area contributed by atoms with Crippen molar-refractivity contribution in [2.75, 3.05) is 13.1 Å². The normalized spacial score (nSPS) is 11.3. The van der Waals surface area contributed by atoms with Gasteiger partial charge in [0.25, 0.3) is 0 Å². The van der Waals surface area contributed by atoms with E-state index >= 15 is 0 Å². The van der Waals surface area contributed by atoms with Gasteiger partial charge in [-0.3, -0.25) is 10.1 Å². The molecule has 1 aromatic rings. The van der Waals surface area contributed by atoms with Crippen molar-refractivity contribution in [2.45, 2.75) is 12.8 Å². The molecule has 100 valence electrons. The summed E-state index contributed by atoms with van der Waals surface area (Å²) in [7, 11) is 0. The standard InChI is InChI=1S/C11H11BrF3NO2/c12-9-4-2-1-3-8(9)6-18-10(17)5-16-7-11(13,14)15/h1-4,16H,5-7H2. The van der Waals surface area contributed by atoms with Gasteiger partial charge in [0, 0.05) is 10.0 Å². The van der Waals surface area contributed by atoms with Gasteiger partial charge in [-0.2, -0.15) is 13.2 Å². The first-order valence-corrected chi connectivity index (χ1v) is 5.84. The Labute approximate surface area is 110 Å². The monoisotopic (exact) mass is 325 g/mol. The molecule has 0 saturated carbocycles. The third-order valence-electron chi connectivity index (χ3n) is 1.94. The fraction of sp³-hybridized carbons (Fsp3) is 0.364. The van der Waals surface area contributed by atoms with Gasteiger partial charge in [0.2, 0.25) is 0 Å². The van der Waals surface area contributed by atoms with Gasteiger partial charge in [-0.1, -0.05) is 34.1 Å². The third kappa shape index (κ3) is 6.02. The number of carbonyl (C=O) groups excluding carboxylic acids is 1. The summed E-state index contributed by atoms with van der Waals surface area (Å²) in [6, 6.07) is 7.11. The maximum absolute atomic E-state index is 11.8. The minimum Gasteiger partial charge on any atom is -0.460 e. The summed E-state index contributed by atoms with van der Waals surface area (Å²) >= 11 is 3.27. The average molecular weight is 326 g/mol. The number of hydrogen-bond donors (Lipinski definition) is 1. The summed E-state index contributed by atoms with van der Waals surface area (Å²) in [6.45, 7) is -1.66. The molecule has 0 atom stereocenters. The van der Waals surface area contributed by atoms with Gasteiger partial charge in [0.1, 0.15) is 6.61 Å². The zero-order chi connectivity index (χ0) is 13.6. The molecule has 0 fully saturated rings. The first kappa shape index (κ1) is 15.0. The van der Waals surface area contributed by atoms with Crippen LogP contribution in [0.1, 0.15) is 5.56 Å². The summed E-state index contributed by atoms with van der Waals surface area (Å²) < 4.78 is 41.0. The van der Waals surface area contributed by atoms with Crippen LogP contribution >= 0.6 is 15.9 Å². The number of halogens is 4. The van der Waals surface area contributed by atoms with Gasteiger partial charge in [-0.05, 0) is 6.07 Å². The maximum Gasteiger partial charge on any atom is 0.401 e. The number of benzene rings is 1. The van der Waals surface area contributed by atoms with Crippen molar-refractivity contribution in [1.82, 2.24) is 5.32 Å². The lowest BCUT2D eigenvalue weighted by atomic mass is 10.2. The molecule has 0 aliphatic heterocycles. The highest BCUT2D eigenvalue weighted by molar-refractivity contribution is 9.10. The van der Waals surface area contributed by atoms with Crippen molar-refractivity contribution in [3.8, 4) is 0 Å². The van der Waals surface area contributed by atoms with Gasteiger partial charge in [-0.25, -0.2) is 0 Å². The molecule has 0 radical (unpaired) electrons. The van der Waals surface area contributed by atoms with E-state index in [0.29, 0.717) is 0 Å². The van der Waals surface area contributed by atoms with Crippen molar-refractivity contribution < 1.29 is 22.7 Å². The summed E-state index contributed by atoms with van der Waals surface area (Å²) in [5.74, 6) is -0.727. The fourth-order valence-corrected chi connectivity index (χ4v) is 1.53. The van der Waals surface area contributed by atoms with E-state index in [1.807, 2.05) is 5.32 Å². The van der Waals surface area contributed by atoms with Crippen LogP contribution in [0, 0.1) is 0 Å². The lowest BCUT2D eigenvalue weighted by molar-refractivity contribution is -0.145. The van der Waals surface area contributed by atoms with E-state index in [4.69, 9.17) is 4.74 Å². The highest BCUT2D eigenvalue weighted by atomic mass is 79.9. The van der Waals surface area contributed by atoms with E-state index in [0.717, 1.165) is 10.0 Å². The van der Waals surface area contributed by atoms with Crippen LogP contribution in [0.2, 0.25) is 0 Å². The van der Waals surface area contributed by atoms with Crippen LogP contribution in [0.4, 0.5) is 13.2 Å². The van der Waals surface area contributed by atoms with Crippen LogP contribution in [0.25, 0.3) is 0 Å². The Balaban J connectivity index is 2.28. The van der Waals surface area contributed by atoms with E-state index in [-0.39, 0.29) is 6.61 Å². The minimum absolute atomic E-state index is 0.0218. The molecule has 0 unspecified atom stereocenters. The molecule has 1 rings (SSSR count). The Morgan fingerprint density at radius 3 is 2.61 bits per heavy atom. The second kappa shape index (κ2) is 6.75. The number of nitrogens with one attached hydrogen (secondary N) is 1. The van der Waals surface area contributed by atoms with Crippen molar-refractivity contribution in [2.24, 2.45) is 0 Å². The molecule has 0 saturated heterocycles. The molecule has 0 aliphatic rings. The lowest BCUT2D eigenvalue weighted by Gasteiger charge is -2.09. The number of alkyl halides is 3. The van der Waals surface area contributed by atoms with E-state index in [2.05, 4.69) is 15.9 Å². The molecular formula is C11H11BrF3NO2. The van der Waals surface area contributed by atoms with E-state index in [1.165, 1.54) is 0 Å². The van der Waals surface area contributed by atoms with E-state index in [9.17, 15) is 18.0 Å². The minimum atomic E-state index is -4.33. The third-order valence-corrected chi connectivity index (χ3v) is 2.71. The van der Waals surface area contributed by atoms with Crippen molar-refractivity contribution in [3.05, 3.63) is 34.3 Å². The molecule has 0 bridgehead atoms. The van der Waals surface area contributed by atoms with Gasteiger partial charge >= 0.3 is 12.1 Å². The predicted molar refractivity (Wildman–Crippen MR) is 62.9 cm³/mol. The Morgan fingerprint density at radius 2 is 2.00 bits per heavy atom. The molecule has 0 aliphatic carbocycles. The Kier molecular flexibility index (Phi) is 5.61. The van der Waals surface area contributed by atoms with Crippen LogP contribution in [-0.2, 0) is 16.1 Å². The van der Waals surface area contributed by atoms with Crippen molar-refractivity contribution in [1.29, 1.82) is 0 Å². The van der Waals surface area contributed by atoms with Gasteiger partial charge < -0.3 is 4.74 Å². The quantitative estimate of drug-likeness (QED) is 0.846. The maximum atomic E-state index is 11.8. The summed E-state index contributed by atoms with van der Waals surface area (Å²) in [5, 5.41) is 1.96. The molecule has 0 aromatic heterocycles. The number of rotatable bonds is 5. The summed E-state index contributed by atoms with van der Waals surface area (Å²) in [4.78, 5) is 11.1.